The van der Waals surface area contributed by atoms with E-state index in [1.54, 1.807) is 24.3 Å². The highest BCUT2D eigenvalue weighted by atomic mass is 16.3. The molecule has 2 saturated heterocycles. The minimum atomic E-state index is -0.958. The molecule has 5 amide bonds. The number of hydrogen-bond acceptors (Lipinski definition) is 7. The van der Waals surface area contributed by atoms with Crippen LogP contribution >= 0.6 is 0 Å². The van der Waals surface area contributed by atoms with Gasteiger partial charge in [-0.2, -0.15) is 0 Å². The quantitative estimate of drug-likeness (QED) is 0.134. The number of hydrogen-bond donors (Lipinski definition) is 5. The van der Waals surface area contributed by atoms with E-state index in [2.05, 4.69) is 26.2 Å². The summed E-state index contributed by atoms with van der Waals surface area (Å²) in [6.45, 7) is 4.19. The van der Waals surface area contributed by atoms with Crippen LogP contribution in [0.1, 0.15) is 38.2 Å². The van der Waals surface area contributed by atoms with Gasteiger partial charge in [0, 0.05) is 52.4 Å². The third-order valence-corrected chi connectivity index (χ3v) is 9.89. The summed E-state index contributed by atoms with van der Waals surface area (Å²) in [7, 11) is 0. The highest BCUT2D eigenvalue weighted by Crippen LogP contribution is 2.32. The lowest BCUT2D eigenvalue weighted by atomic mass is 9.96. The summed E-state index contributed by atoms with van der Waals surface area (Å²) < 4.78 is 5.84. The fraction of sp³-hybridized carbons (Fsp3) is 0.300. The largest absolute Gasteiger partial charge is 0.451 e. The lowest BCUT2D eigenvalue weighted by Crippen LogP contribution is -2.47. The van der Waals surface area contributed by atoms with Crippen molar-refractivity contribution in [3.63, 3.8) is 0 Å². The molecule has 4 aromatic carbocycles. The SMILES string of the molecule is NC(=O)C(Cc1ccc2ccccc2c1)NC(=O)Nc1ccc(N2CCCN(C(=O)C3CCNCC3)CC2)c(NC(=O)c2cc3ccccc3o2)c1.[HH].[HH]. The second-order valence-electron chi connectivity index (χ2n) is 13.5. The standard InChI is InChI=1S/C40H43N7O5.2H2/c41-37(48)33(23-26-10-11-27-6-1-2-7-29(27)22-26)45-40(51)43-31-12-13-34(32(25-31)44-38(49)36-24-30-8-3-4-9-35(30)52-36)46-18-5-19-47(21-20-46)39(50)28-14-16-42-17-15-28;;/h1-4,6-13,22,24-25,28,33,42H,5,14-21,23H2,(H2,41,48)(H,44,49)(H2,43,45,51);2*1H. The minimum absolute atomic E-state index is 0. The van der Waals surface area contributed by atoms with Gasteiger partial charge in [0.25, 0.3) is 5.91 Å². The molecule has 5 aromatic rings. The molecule has 1 aromatic heterocycles. The Morgan fingerprint density at radius 2 is 1.60 bits per heavy atom. The van der Waals surface area contributed by atoms with Crippen molar-refractivity contribution in [2.45, 2.75) is 31.7 Å². The van der Waals surface area contributed by atoms with Crippen molar-refractivity contribution in [3.05, 3.63) is 102 Å². The number of furan rings is 1. The van der Waals surface area contributed by atoms with Gasteiger partial charge in [0.05, 0.1) is 11.4 Å². The molecule has 6 N–H and O–H groups in total. The fourth-order valence-electron chi connectivity index (χ4n) is 7.12. The molecule has 7 rings (SSSR count). The summed E-state index contributed by atoms with van der Waals surface area (Å²) >= 11 is 0. The molecule has 0 spiro atoms. The molecule has 2 fully saturated rings. The number of para-hydroxylation sites is 1. The van der Waals surface area contributed by atoms with Crippen LogP contribution in [-0.2, 0) is 16.0 Å². The van der Waals surface area contributed by atoms with Crippen LogP contribution in [0.25, 0.3) is 21.7 Å². The van der Waals surface area contributed by atoms with Gasteiger partial charge < -0.3 is 41.2 Å². The number of primary amides is 1. The van der Waals surface area contributed by atoms with Crippen molar-refractivity contribution < 1.29 is 26.4 Å². The van der Waals surface area contributed by atoms with E-state index in [9.17, 15) is 19.2 Å². The number of urea groups is 1. The monoisotopic (exact) mass is 705 g/mol. The molecule has 12 nitrogen and oxygen atoms in total. The van der Waals surface area contributed by atoms with E-state index in [1.165, 1.54) is 0 Å². The van der Waals surface area contributed by atoms with Crippen molar-refractivity contribution in [1.82, 2.24) is 15.5 Å². The summed E-state index contributed by atoms with van der Waals surface area (Å²) in [5, 5.41) is 14.8. The van der Waals surface area contributed by atoms with Gasteiger partial charge >= 0.3 is 6.03 Å². The average molecular weight is 706 g/mol. The number of carbonyl (C=O) groups is 4. The minimum Gasteiger partial charge on any atom is -0.451 e. The van der Waals surface area contributed by atoms with Gasteiger partial charge in [-0.05, 0) is 79.0 Å². The molecule has 12 heteroatoms. The van der Waals surface area contributed by atoms with Gasteiger partial charge in [0.2, 0.25) is 11.8 Å². The van der Waals surface area contributed by atoms with Crippen molar-refractivity contribution >= 4 is 62.6 Å². The number of rotatable bonds is 9. The van der Waals surface area contributed by atoms with Crippen molar-refractivity contribution in [2.24, 2.45) is 11.7 Å². The maximum Gasteiger partial charge on any atom is 0.319 e. The van der Waals surface area contributed by atoms with Crippen molar-refractivity contribution in [1.29, 1.82) is 0 Å². The topological polar surface area (TPSA) is 162 Å². The predicted molar refractivity (Wildman–Crippen MR) is 207 cm³/mol. The molecule has 3 heterocycles. The Balaban J connectivity index is 0.00000280. The Morgan fingerprint density at radius 1 is 0.827 bits per heavy atom. The highest BCUT2D eigenvalue weighted by Gasteiger charge is 2.28. The van der Waals surface area contributed by atoms with Crippen LogP contribution in [0.3, 0.4) is 0 Å². The molecule has 0 aliphatic carbocycles. The molecule has 2 aliphatic rings. The molecule has 0 bridgehead atoms. The third-order valence-electron chi connectivity index (χ3n) is 9.89. The van der Waals surface area contributed by atoms with E-state index in [1.807, 2.05) is 71.6 Å². The number of nitrogens with one attached hydrogen (secondary N) is 4. The first-order valence-corrected chi connectivity index (χ1v) is 17.8. The number of piperidine rings is 1. The van der Waals surface area contributed by atoms with Crippen molar-refractivity contribution in [2.75, 3.05) is 54.8 Å². The van der Waals surface area contributed by atoms with E-state index in [0.717, 1.165) is 59.8 Å². The van der Waals surface area contributed by atoms with Gasteiger partial charge in [-0.25, -0.2) is 4.79 Å². The van der Waals surface area contributed by atoms with Crippen LogP contribution in [0.15, 0.2) is 95.4 Å². The Hall–Kier alpha value is -5.88. The van der Waals surface area contributed by atoms with Crippen LogP contribution < -0.4 is 31.9 Å². The van der Waals surface area contributed by atoms with Gasteiger partial charge in [-0.15, -0.1) is 0 Å². The molecule has 0 radical (unpaired) electrons. The Bertz CT molecular complexity index is 2090. The zero-order chi connectivity index (χ0) is 36.0. The summed E-state index contributed by atoms with van der Waals surface area (Å²) in [6, 6.07) is 26.5. The van der Waals surface area contributed by atoms with E-state index < -0.39 is 23.9 Å². The molecule has 272 valence electrons. The first kappa shape index (κ1) is 34.6. The molecule has 0 saturated carbocycles. The summed E-state index contributed by atoms with van der Waals surface area (Å²) in [6.07, 6.45) is 2.69. The maximum atomic E-state index is 13.6. The molecular formula is C40H47N7O5. The molecule has 52 heavy (non-hydrogen) atoms. The van der Waals surface area contributed by atoms with Gasteiger partial charge in [0.15, 0.2) is 5.76 Å². The smallest absolute Gasteiger partial charge is 0.319 e. The van der Waals surface area contributed by atoms with Gasteiger partial charge in [-0.1, -0.05) is 60.7 Å². The Kier molecular flexibility index (Phi) is 10.3. The van der Waals surface area contributed by atoms with Crippen LogP contribution in [-0.4, -0.2) is 74.0 Å². The maximum absolute atomic E-state index is 13.6. The number of amides is 5. The second-order valence-corrected chi connectivity index (χ2v) is 13.5. The summed E-state index contributed by atoms with van der Waals surface area (Å²) in [5.74, 6) is -0.699. The number of benzene rings is 4. The third kappa shape index (κ3) is 8.02. The van der Waals surface area contributed by atoms with Gasteiger partial charge in [-0.3, -0.25) is 14.4 Å². The van der Waals surface area contributed by atoms with Crippen LogP contribution in [0.4, 0.5) is 21.9 Å². The first-order chi connectivity index (χ1) is 25.3. The van der Waals surface area contributed by atoms with E-state index >= 15 is 0 Å². The fourth-order valence-corrected chi connectivity index (χ4v) is 7.12. The lowest BCUT2D eigenvalue weighted by molar-refractivity contribution is -0.136. The molecule has 2 aliphatic heterocycles. The predicted octanol–water partition coefficient (Wildman–Crippen LogP) is 5.59. The van der Waals surface area contributed by atoms with Crippen molar-refractivity contribution in [3.8, 4) is 0 Å². The number of anilines is 3. The number of nitrogens with zero attached hydrogens (tertiary/aromatic N) is 2. The normalized spacial score (nSPS) is 15.9. The molecule has 1 unspecified atom stereocenters. The Labute approximate surface area is 304 Å². The Morgan fingerprint density at radius 3 is 2.38 bits per heavy atom. The molecular weight excluding hydrogens is 658 g/mol. The van der Waals surface area contributed by atoms with Crippen LogP contribution in [0, 0.1) is 5.92 Å². The second kappa shape index (κ2) is 15.6. The van der Waals surface area contributed by atoms with E-state index in [4.69, 9.17) is 10.2 Å². The zero-order valence-corrected chi connectivity index (χ0v) is 28.9. The summed E-state index contributed by atoms with van der Waals surface area (Å²) in [5.41, 5.74) is 8.78. The summed E-state index contributed by atoms with van der Waals surface area (Å²) in [4.78, 5) is 56.7. The van der Waals surface area contributed by atoms with Crippen LogP contribution in [0.5, 0.6) is 0 Å². The van der Waals surface area contributed by atoms with Gasteiger partial charge in [0.1, 0.15) is 11.6 Å². The first-order valence-electron chi connectivity index (χ1n) is 17.8. The lowest BCUT2D eigenvalue weighted by Gasteiger charge is -2.29. The van der Waals surface area contributed by atoms with Crippen LogP contribution in [0.2, 0.25) is 0 Å². The number of nitrogens with two attached hydrogens (primary N) is 1. The van der Waals surface area contributed by atoms with E-state index in [-0.39, 0.29) is 26.9 Å². The average Bonchev–Trinajstić information content (AvgIpc) is 3.45. The number of carbonyl (C=O) groups excluding carboxylic acids is 4. The van der Waals surface area contributed by atoms with E-state index in [0.29, 0.717) is 43.1 Å². The highest BCUT2D eigenvalue weighted by molar-refractivity contribution is 6.07. The molecule has 1 atom stereocenters. The number of fused-ring (bicyclic) bond motifs is 2. The zero-order valence-electron chi connectivity index (χ0n) is 28.9.